The fourth-order valence-corrected chi connectivity index (χ4v) is 0.464. The Balaban J connectivity index is 2.18. The van der Waals surface area contributed by atoms with Gasteiger partial charge in [0.15, 0.2) is 0 Å². The zero-order valence-electron chi connectivity index (χ0n) is 3.55. The van der Waals surface area contributed by atoms with Crippen LogP contribution in [0, 0.1) is 6.61 Å². The van der Waals surface area contributed by atoms with Crippen molar-refractivity contribution in [3.63, 3.8) is 0 Å². The predicted molar refractivity (Wildman–Crippen MR) is 22.8 cm³/mol. The summed E-state index contributed by atoms with van der Waals surface area (Å²) in [5, 5.41) is 0. The van der Waals surface area contributed by atoms with Crippen LogP contribution < -0.4 is 5.73 Å². The molecule has 0 amide bonds. The van der Waals surface area contributed by atoms with Crippen LogP contribution >= 0.6 is 0 Å². The minimum absolute atomic E-state index is 0.199. The summed E-state index contributed by atoms with van der Waals surface area (Å²) >= 11 is 0. The molecule has 1 radical (unpaired) electrons. The number of hydrogen-bond donors (Lipinski definition) is 1. The Bertz CT molecular complexity index is 40.8. The molecular formula is C4H8NO. The van der Waals surface area contributed by atoms with Gasteiger partial charge in [0, 0.05) is 12.6 Å². The van der Waals surface area contributed by atoms with Gasteiger partial charge >= 0.3 is 0 Å². The van der Waals surface area contributed by atoms with Crippen molar-refractivity contribution >= 4 is 0 Å². The first-order chi connectivity index (χ1) is 2.89. The van der Waals surface area contributed by atoms with E-state index in [2.05, 4.69) is 0 Å². The standard InChI is InChI=1S/C4H8NO/c5-4-1-2-6-3-4/h3-4H,1-2,5H2. The minimum Gasteiger partial charge on any atom is -0.374 e. The molecule has 35 valence electrons. The van der Waals surface area contributed by atoms with Crippen LogP contribution in [-0.2, 0) is 4.74 Å². The Hall–Kier alpha value is -0.0800. The van der Waals surface area contributed by atoms with Gasteiger partial charge in [0.05, 0.1) is 0 Å². The Kier molecular flexibility index (Phi) is 1.08. The molecular weight excluding hydrogens is 78.0 g/mol. The van der Waals surface area contributed by atoms with E-state index in [1.807, 2.05) is 0 Å². The van der Waals surface area contributed by atoms with E-state index < -0.39 is 0 Å². The van der Waals surface area contributed by atoms with Crippen LogP contribution in [0.4, 0.5) is 0 Å². The van der Waals surface area contributed by atoms with E-state index in [1.54, 1.807) is 6.61 Å². The maximum absolute atomic E-state index is 5.35. The van der Waals surface area contributed by atoms with Crippen LogP contribution in [0.5, 0.6) is 0 Å². The first-order valence-electron chi connectivity index (χ1n) is 2.10. The fourth-order valence-electron chi connectivity index (χ4n) is 0.464. The third-order valence-corrected chi connectivity index (χ3v) is 0.840. The zero-order chi connectivity index (χ0) is 4.41. The topological polar surface area (TPSA) is 35.2 Å². The summed E-state index contributed by atoms with van der Waals surface area (Å²) in [5.74, 6) is 0. The predicted octanol–water partition coefficient (Wildman–Crippen LogP) is -0.104. The van der Waals surface area contributed by atoms with Gasteiger partial charge in [0.25, 0.3) is 0 Å². The van der Waals surface area contributed by atoms with Crippen molar-refractivity contribution in [2.75, 3.05) is 6.61 Å². The van der Waals surface area contributed by atoms with Crippen LogP contribution in [0.25, 0.3) is 0 Å². The Morgan fingerprint density at radius 3 is 2.83 bits per heavy atom. The van der Waals surface area contributed by atoms with Gasteiger partial charge in [-0.15, -0.1) is 0 Å². The largest absolute Gasteiger partial charge is 0.374 e. The summed E-state index contributed by atoms with van der Waals surface area (Å²) < 4.78 is 4.81. The van der Waals surface area contributed by atoms with Crippen LogP contribution in [0.1, 0.15) is 6.42 Å². The quantitative estimate of drug-likeness (QED) is 0.446. The van der Waals surface area contributed by atoms with Gasteiger partial charge in [0.1, 0.15) is 6.61 Å². The zero-order valence-corrected chi connectivity index (χ0v) is 3.55. The molecule has 1 heterocycles. The molecule has 0 aliphatic carbocycles. The van der Waals surface area contributed by atoms with E-state index in [-0.39, 0.29) is 6.04 Å². The smallest absolute Gasteiger partial charge is 0.100 e. The van der Waals surface area contributed by atoms with Gasteiger partial charge in [0.2, 0.25) is 0 Å². The molecule has 1 atom stereocenters. The summed E-state index contributed by atoms with van der Waals surface area (Å²) in [6.07, 6.45) is 0.986. The number of nitrogens with two attached hydrogens (primary N) is 1. The second-order valence-electron chi connectivity index (χ2n) is 1.46. The molecule has 1 fully saturated rings. The lowest BCUT2D eigenvalue weighted by atomic mass is 10.3. The lowest BCUT2D eigenvalue weighted by molar-refractivity contribution is 0.252. The van der Waals surface area contributed by atoms with Crippen molar-refractivity contribution in [1.82, 2.24) is 0 Å². The van der Waals surface area contributed by atoms with E-state index in [9.17, 15) is 0 Å². The van der Waals surface area contributed by atoms with Crippen LogP contribution in [0.2, 0.25) is 0 Å². The third-order valence-electron chi connectivity index (χ3n) is 0.840. The summed E-state index contributed by atoms with van der Waals surface area (Å²) in [6.45, 7) is 2.49. The van der Waals surface area contributed by atoms with Gasteiger partial charge in [-0.3, -0.25) is 0 Å². The van der Waals surface area contributed by atoms with Crippen molar-refractivity contribution in [2.45, 2.75) is 12.5 Å². The first kappa shape index (κ1) is 4.09. The maximum Gasteiger partial charge on any atom is 0.100 e. The van der Waals surface area contributed by atoms with Gasteiger partial charge < -0.3 is 10.5 Å². The van der Waals surface area contributed by atoms with Crippen molar-refractivity contribution < 1.29 is 4.74 Å². The first-order valence-corrected chi connectivity index (χ1v) is 2.10. The van der Waals surface area contributed by atoms with Crippen molar-refractivity contribution in [1.29, 1.82) is 0 Å². The highest BCUT2D eigenvalue weighted by Crippen LogP contribution is 2.03. The molecule has 0 bridgehead atoms. The Morgan fingerprint density at radius 2 is 2.67 bits per heavy atom. The number of ether oxygens (including phenoxy) is 1. The highest BCUT2D eigenvalue weighted by molar-refractivity contribution is 4.75. The SMILES string of the molecule is NC1[CH]OCC1. The number of hydrogen-bond acceptors (Lipinski definition) is 2. The normalized spacial score (nSPS) is 34.5. The number of rotatable bonds is 0. The van der Waals surface area contributed by atoms with E-state index >= 15 is 0 Å². The molecule has 1 unspecified atom stereocenters. The Labute approximate surface area is 37.3 Å². The minimum atomic E-state index is 0.199. The molecule has 0 spiro atoms. The van der Waals surface area contributed by atoms with Crippen LogP contribution in [-0.4, -0.2) is 12.6 Å². The van der Waals surface area contributed by atoms with E-state index in [0.29, 0.717) is 0 Å². The molecule has 1 saturated heterocycles. The summed E-state index contributed by atoms with van der Waals surface area (Å²) in [4.78, 5) is 0. The van der Waals surface area contributed by atoms with E-state index in [4.69, 9.17) is 10.5 Å². The fraction of sp³-hybridized carbons (Fsp3) is 0.750. The molecule has 0 aromatic heterocycles. The molecule has 2 heteroatoms. The monoisotopic (exact) mass is 86.1 g/mol. The highest BCUT2D eigenvalue weighted by Gasteiger charge is 2.08. The molecule has 1 aliphatic rings. The second-order valence-corrected chi connectivity index (χ2v) is 1.46. The summed E-state index contributed by atoms with van der Waals surface area (Å²) in [5.41, 5.74) is 5.35. The van der Waals surface area contributed by atoms with Gasteiger partial charge in [-0.1, -0.05) is 0 Å². The van der Waals surface area contributed by atoms with Crippen LogP contribution in [0.15, 0.2) is 0 Å². The molecule has 1 aliphatic heterocycles. The molecule has 1 rings (SSSR count). The van der Waals surface area contributed by atoms with Crippen molar-refractivity contribution in [3.8, 4) is 0 Å². The highest BCUT2D eigenvalue weighted by atomic mass is 16.5. The molecule has 0 aromatic carbocycles. The van der Waals surface area contributed by atoms with Gasteiger partial charge in [-0.25, -0.2) is 0 Å². The van der Waals surface area contributed by atoms with E-state index in [0.717, 1.165) is 13.0 Å². The van der Waals surface area contributed by atoms with E-state index in [1.165, 1.54) is 0 Å². The molecule has 0 saturated carbocycles. The van der Waals surface area contributed by atoms with Gasteiger partial charge in [-0.05, 0) is 6.42 Å². The lowest BCUT2D eigenvalue weighted by Gasteiger charge is -1.89. The molecule has 2 N–H and O–H groups in total. The third kappa shape index (κ3) is 0.698. The Morgan fingerprint density at radius 1 is 1.83 bits per heavy atom. The van der Waals surface area contributed by atoms with Crippen LogP contribution in [0.3, 0.4) is 0 Å². The summed E-state index contributed by atoms with van der Waals surface area (Å²) in [6, 6.07) is 0.199. The second kappa shape index (κ2) is 1.58. The molecule has 6 heavy (non-hydrogen) atoms. The average Bonchev–Trinajstić information content (AvgIpc) is 1.86. The molecule has 2 nitrogen and oxygen atoms in total. The summed E-state index contributed by atoms with van der Waals surface area (Å²) in [7, 11) is 0. The van der Waals surface area contributed by atoms with Crippen molar-refractivity contribution in [3.05, 3.63) is 6.61 Å². The lowest BCUT2D eigenvalue weighted by Crippen LogP contribution is -2.14. The van der Waals surface area contributed by atoms with Crippen molar-refractivity contribution in [2.24, 2.45) is 5.73 Å². The average molecular weight is 86.1 g/mol. The maximum atomic E-state index is 5.35. The van der Waals surface area contributed by atoms with Gasteiger partial charge in [-0.2, -0.15) is 0 Å². The molecule has 0 aromatic rings.